The lowest BCUT2D eigenvalue weighted by Gasteiger charge is -2.26. The average Bonchev–Trinajstić information content (AvgIpc) is 2.65. The third-order valence-corrected chi connectivity index (χ3v) is 4.51. The molecule has 3 rings (SSSR count). The van der Waals surface area contributed by atoms with Gasteiger partial charge in [-0.05, 0) is 30.8 Å². The number of benzene rings is 1. The van der Waals surface area contributed by atoms with E-state index >= 15 is 0 Å². The van der Waals surface area contributed by atoms with Crippen molar-refractivity contribution in [2.75, 3.05) is 39.4 Å². The van der Waals surface area contributed by atoms with Crippen LogP contribution in [-0.2, 0) is 4.74 Å². The van der Waals surface area contributed by atoms with Crippen LogP contribution in [0.1, 0.15) is 12.0 Å². The molecule has 26 heavy (non-hydrogen) atoms. The Balaban J connectivity index is 1.71. The second kappa shape index (κ2) is 8.88. The highest BCUT2D eigenvalue weighted by Gasteiger charge is 2.12. The van der Waals surface area contributed by atoms with E-state index in [2.05, 4.69) is 14.9 Å². The number of H-pyrrole nitrogens is 1. The second-order valence-corrected chi connectivity index (χ2v) is 6.40. The zero-order valence-corrected chi connectivity index (χ0v) is 15.2. The number of hydrogen-bond donors (Lipinski definition) is 2. The molecule has 0 saturated carbocycles. The number of para-hydroxylation sites is 1. The molecule has 1 aromatic carbocycles. The molecule has 0 bridgehead atoms. The first-order chi connectivity index (χ1) is 12.7. The van der Waals surface area contributed by atoms with Crippen LogP contribution in [0.5, 0.6) is 5.88 Å². The normalized spacial score (nSPS) is 15.5. The van der Waals surface area contributed by atoms with Crippen molar-refractivity contribution in [1.29, 1.82) is 0 Å². The molecule has 2 heterocycles. The zero-order valence-electron chi connectivity index (χ0n) is 14.4. The lowest BCUT2D eigenvalue weighted by Crippen LogP contribution is -2.37. The minimum Gasteiger partial charge on any atom is -0.494 e. The molecule has 0 radical (unpaired) electrons. The van der Waals surface area contributed by atoms with Gasteiger partial charge in [-0.1, -0.05) is 18.2 Å². The van der Waals surface area contributed by atoms with Crippen molar-refractivity contribution in [3.8, 4) is 11.6 Å². The van der Waals surface area contributed by atoms with E-state index in [4.69, 9.17) is 17.0 Å². The van der Waals surface area contributed by atoms with Gasteiger partial charge < -0.3 is 9.84 Å². The third-order valence-electron chi connectivity index (χ3n) is 4.22. The summed E-state index contributed by atoms with van der Waals surface area (Å²) in [6.45, 7) is 4.97. The molecule has 2 N–H and O–H groups in total. The molecule has 8 heteroatoms. The second-order valence-electron chi connectivity index (χ2n) is 6.01. The standard InChI is InChI=1S/C18H22N4O3S/c23-16-15(13-19-7-4-8-21-9-11-25-12-10-21)17(24)22(18(26)20-16)14-5-2-1-3-6-14/h1-3,5-6,13,24H,4,7-12H2,(H,20,23,26). The average molecular weight is 374 g/mol. The number of rotatable bonds is 6. The Morgan fingerprint density at radius 3 is 2.73 bits per heavy atom. The van der Waals surface area contributed by atoms with Gasteiger partial charge in [0.25, 0.3) is 5.56 Å². The first kappa shape index (κ1) is 18.5. The summed E-state index contributed by atoms with van der Waals surface area (Å²) in [5, 5.41) is 10.5. The molecule has 0 unspecified atom stereocenters. The summed E-state index contributed by atoms with van der Waals surface area (Å²) in [4.78, 5) is 21.4. The minimum atomic E-state index is -0.448. The molecule has 1 aromatic heterocycles. The van der Waals surface area contributed by atoms with Crippen LogP contribution in [-0.4, -0.2) is 65.2 Å². The Kier molecular flexibility index (Phi) is 6.32. The van der Waals surface area contributed by atoms with Gasteiger partial charge in [0, 0.05) is 32.4 Å². The van der Waals surface area contributed by atoms with Gasteiger partial charge in [-0.3, -0.25) is 24.2 Å². The summed E-state index contributed by atoms with van der Waals surface area (Å²) < 4.78 is 6.88. The number of nitrogens with zero attached hydrogens (tertiary/aromatic N) is 3. The molecule has 1 aliphatic heterocycles. The lowest BCUT2D eigenvalue weighted by atomic mass is 10.3. The number of aliphatic imine (C=N–C) groups is 1. The van der Waals surface area contributed by atoms with Gasteiger partial charge in [0.05, 0.1) is 18.9 Å². The monoisotopic (exact) mass is 374 g/mol. The SMILES string of the molecule is O=c1[nH]c(=S)n(-c2ccccc2)c(O)c1C=NCCCN1CCOCC1. The van der Waals surface area contributed by atoms with Crippen molar-refractivity contribution in [2.24, 2.45) is 4.99 Å². The van der Waals surface area contributed by atoms with Crippen LogP contribution >= 0.6 is 12.2 Å². The van der Waals surface area contributed by atoms with Crippen molar-refractivity contribution in [3.63, 3.8) is 0 Å². The molecule has 1 fully saturated rings. The predicted molar refractivity (Wildman–Crippen MR) is 103 cm³/mol. The Labute approximate surface area is 156 Å². The summed E-state index contributed by atoms with van der Waals surface area (Å²) >= 11 is 5.18. The van der Waals surface area contributed by atoms with E-state index in [1.165, 1.54) is 10.8 Å². The Hall–Kier alpha value is -2.29. The fourth-order valence-electron chi connectivity index (χ4n) is 2.84. The van der Waals surface area contributed by atoms with Crippen LogP contribution in [0, 0.1) is 4.77 Å². The first-order valence-electron chi connectivity index (χ1n) is 8.60. The Morgan fingerprint density at radius 1 is 1.27 bits per heavy atom. The molecule has 0 aliphatic carbocycles. The van der Waals surface area contributed by atoms with E-state index in [1.54, 1.807) is 12.1 Å². The summed E-state index contributed by atoms with van der Waals surface area (Å²) in [7, 11) is 0. The topological polar surface area (TPSA) is 82.8 Å². The fraction of sp³-hybridized carbons (Fsp3) is 0.389. The number of ether oxygens (including phenoxy) is 1. The van der Waals surface area contributed by atoms with Gasteiger partial charge in [0.15, 0.2) is 4.77 Å². The Bertz CT molecular complexity index is 870. The van der Waals surface area contributed by atoms with E-state index in [-0.39, 0.29) is 16.2 Å². The van der Waals surface area contributed by atoms with Crippen molar-refractivity contribution in [3.05, 3.63) is 51.0 Å². The molecule has 138 valence electrons. The van der Waals surface area contributed by atoms with Crippen LogP contribution < -0.4 is 5.56 Å². The molecule has 0 amide bonds. The smallest absolute Gasteiger partial charge is 0.264 e. The van der Waals surface area contributed by atoms with Crippen LogP contribution in [0.15, 0.2) is 40.1 Å². The number of nitrogens with one attached hydrogen (secondary N) is 1. The van der Waals surface area contributed by atoms with Crippen LogP contribution in [0.3, 0.4) is 0 Å². The third kappa shape index (κ3) is 4.46. The predicted octanol–water partition coefficient (Wildman–Crippen LogP) is 1.74. The molecule has 2 aromatic rings. The van der Waals surface area contributed by atoms with Crippen molar-refractivity contribution in [1.82, 2.24) is 14.5 Å². The maximum absolute atomic E-state index is 12.1. The summed E-state index contributed by atoms with van der Waals surface area (Å²) in [5.74, 6) is -0.207. The van der Waals surface area contributed by atoms with Gasteiger partial charge in [0.1, 0.15) is 5.56 Å². The highest BCUT2D eigenvalue weighted by Crippen LogP contribution is 2.18. The molecule has 0 atom stereocenters. The molecule has 7 nitrogen and oxygen atoms in total. The summed E-state index contributed by atoms with van der Waals surface area (Å²) in [6.07, 6.45) is 2.30. The number of aromatic amines is 1. The van der Waals surface area contributed by atoms with E-state index in [1.807, 2.05) is 18.2 Å². The molecular formula is C18H22N4O3S. The zero-order chi connectivity index (χ0) is 18.4. The largest absolute Gasteiger partial charge is 0.494 e. The number of hydrogen-bond acceptors (Lipinski definition) is 6. The van der Waals surface area contributed by atoms with Gasteiger partial charge in [-0.15, -0.1) is 0 Å². The van der Waals surface area contributed by atoms with Gasteiger partial charge in [0.2, 0.25) is 5.88 Å². The van der Waals surface area contributed by atoms with Crippen LogP contribution in [0.25, 0.3) is 5.69 Å². The molecular weight excluding hydrogens is 352 g/mol. The van der Waals surface area contributed by atoms with Crippen LogP contribution in [0.4, 0.5) is 0 Å². The van der Waals surface area contributed by atoms with E-state index in [0.717, 1.165) is 39.3 Å². The quantitative estimate of drug-likeness (QED) is 0.457. The fourth-order valence-corrected chi connectivity index (χ4v) is 3.12. The van der Waals surface area contributed by atoms with E-state index in [9.17, 15) is 9.90 Å². The summed E-state index contributed by atoms with van der Waals surface area (Å²) in [5.41, 5.74) is 0.332. The maximum atomic E-state index is 12.1. The van der Waals surface area contributed by atoms with Gasteiger partial charge in [-0.2, -0.15) is 0 Å². The van der Waals surface area contributed by atoms with Crippen LogP contribution in [0.2, 0.25) is 0 Å². The van der Waals surface area contributed by atoms with Gasteiger partial charge >= 0.3 is 0 Å². The van der Waals surface area contributed by atoms with Gasteiger partial charge in [-0.25, -0.2) is 0 Å². The highest BCUT2D eigenvalue weighted by molar-refractivity contribution is 7.71. The van der Waals surface area contributed by atoms with Crippen molar-refractivity contribution in [2.45, 2.75) is 6.42 Å². The van der Waals surface area contributed by atoms with Crippen molar-refractivity contribution < 1.29 is 9.84 Å². The van der Waals surface area contributed by atoms with Crippen molar-refractivity contribution >= 4 is 18.4 Å². The molecule has 0 spiro atoms. The Morgan fingerprint density at radius 2 is 2.00 bits per heavy atom. The highest BCUT2D eigenvalue weighted by atomic mass is 32.1. The number of aromatic hydroxyl groups is 1. The lowest BCUT2D eigenvalue weighted by molar-refractivity contribution is 0.0377. The number of aromatic nitrogens is 2. The maximum Gasteiger partial charge on any atom is 0.264 e. The summed E-state index contributed by atoms with van der Waals surface area (Å²) in [6, 6.07) is 9.14. The first-order valence-corrected chi connectivity index (χ1v) is 9.01. The van der Waals surface area contributed by atoms with E-state index < -0.39 is 5.56 Å². The molecule has 1 aliphatic rings. The number of morpholine rings is 1. The molecule has 1 saturated heterocycles. The van der Waals surface area contributed by atoms with E-state index in [0.29, 0.717) is 12.2 Å². The minimum absolute atomic E-state index is 0.105.